The Bertz CT molecular complexity index is 640. The third-order valence-electron chi connectivity index (χ3n) is 3.80. The van der Waals surface area contributed by atoms with Crippen molar-refractivity contribution in [3.63, 3.8) is 0 Å². The number of fused-ring (bicyclic) bond motifs is 1. The number of ether oxygens (including phenoxy) is 1. The van der Waals surface area contributed by atoms with Gasteiger partial charge in [-0.2, -0.15) is 0 Å². The van der Waals surface area contributed by atoms with Crippen LogP contribution in [0.1, 0.15) is 27.9 Å². The molecule has 21 heavy (non-hydrogen) atoms. The van der Waals surface area contributed by atoms with E-state index in [0.717, 1.165) is 30.6 Å². The largest absolute Gasteiger partial charge is 0.490 e. The summed E-state index contributed by atoms with van der Waals surface area (Å²) in [5.41, 5.74) is 4.50. The molecule has 0 aromatic heterocycles. The maximum absolute atomic E-state index is 11.5. The van der Waals surface area contributed by atoms with E-state index >= 15 is 0 Å². The predicted molar refractivity (Wildman–Crippen MR) is 78.6 cm³/mol. The highest BCUT2D eigenvalue weighted by atomic mass is 16.5. The second-order valence-electron chi connectivity index (χ2n) is 5.22. The van der Waals surface area contributed by atoms with Crippen molar-refractivity contribution in [1.82, 2.24) is 5.48 Å². The number of benzene rings is 2. The van der Waals surface area contributed by atoms with Crippen LogP contribution in [0.2, 0.25) is 0 Å². The van der Waals surface area contributed by atoms with Crippen molar-refractivity contribution in [2.75, 3.05) is 0 Å². The molecule has 1 atom stereocenters. The molecule has 0 aliphatic heterocycles. The second-order valence-corrected chi connectivity index (χ2v) is 5.22. The Morgan fingerprint density at radius 1 is 1.14 bits per heavy atom. The Morgan fingerprint density at radius 2 is 1.95 bits per heavy atom. The summed E-state index contributed by atoms with van der Waals surface area (Å²) in [6.07, 6.45) is 2.80. The van der Waals surface area contributed by atoms with E-state index in [-0.39, 0.29) is 6.10 Å². The van der Waals surface area contributed by atoms with Crippen LogP contribution in [0.5, 0.6) is 5.75 Å². The number of hydrogen-bond acceptors (Lipinski definition) is 3. The van der Waals surface area contributed by atoms with E-state index in [1.54, 1.807) is 11.5 Å². The van der Waals surface area contributed by atoms with Crippen LogP contribution in [-0.2, 0) is 12.8 Å². The highest BCUT2D eigenvalue weighted by Crippen LogP contribution is 2.25. The van der Waals surface area contributed by atoms with Gasteiger partial charge in [0.25, 0.3) is 5.91 Å². The molecule has 0 heterocycles. The Hall–Kier alpha value is -2.33. The summed E-state index contributed by atoms with van der Waals surface area (Å²) >= 11 is 0. The molecule has 1 aliphatic rings. The predicted octanol–water partition coefficient (Wildman–Crippen LogP) is 2.74. The molecule has 0 spiro atoms. The zero-order valence-electron chi connectivity index (χ0n) is 11.6. The van der Waals surface area contributed by atoms with E-state index in [9.17, 15) is 4.79 Å². The maximum Gasteiger partial charge on any atom is 0.274 e. The first-order valence-electron chi connectivity index (χ1n) is 7.04. The monoisotopic (exact) mass is 283 g/mol. The van der Waals surface area contributed by atoms with Crippen molar-refractivity contribution in [2.45, 2.75) is 25.4 Å². The lowest BCUT2D eigenvalue weighted by molar-refractivity contribution is 0.0706. The van der Waals surface area contributed by atoms with E-state index in [1.807, 2.05) is 42.5 Å². The molecular weight excluding hydrogens is 266 g/mol. The van der Waals surface area contributed by atoms with E-state index < -0.39 is 5.91 Å². The van der Waals surface area contributed by atoms with Gasteiger partial charge >= 0.3 is 0 Å². The molecule has 4 nitrogen and oxygen atoms in total. The number of rotatable bonds is 3. The number of carbonyl (C=O) groups excluding carboxylic acids is 1. The molecule has 4 heteroatoms. The van der Waals surface area contributed by atoms with E-state index in [1.165, 1.54) is 5.56 Å². The van der Waals surface area contributed by atoms with Crippen molar-refractivity contribution >= 4 is 5.91 Å². The van der Waals surface area contributed by atoms with Crippen molar-refractivity contribution in [3.05, 3.63) is 65.2 Å². The van der Waals surface area contributed by atoms with E-state index in [4.69, 9.17) is 9.94 Å². The minimum atomic E-state index is -0.482. The molecule has 2 aromatic rings. The van der Waals surface area contributed by atoms with Crippen LogP contribution in [0.25, 0.3) is 0 Å². The first-order chi connectivity index (χ1) is 10.3. The number of carbonyl (C=O) groups is 1. The van der Waals surface area contributed by atoms with Crippen molar-refractivity contribution in [1.29, 1.82) is 0 Å². The molecule has 1 amide bonds. The summed E-state index contributed by atoms with van der Waals surface area (Å²) in [4.78, 5) is 11.5. The van der Waals surface area contributed by atoms with Crippen LogP contribution < -0.4 is 10.2 Å². The lowest BCUT2D eigenvalue weighted by Crippen LogP contribution is -2.26. The summed E-state index contributed by atoms with van der Waals surface area (Å²) in [5.74, 6) is 0.388. The lowest BCUT2D eigenvalue weighted by atomic mass is 9.88. The van der Waals surface area contributed by atoms with Crippen molar-refractivity contribution in [2.24, 2.45) is 0 Å². The zero-order chi connectivity index (χ0) is 14.7. The van der Waals surface area contributed by atoms with Gasteiger partial charge in [0.1, 0.15) is 11.9 Å². The average molecular weight is 283 g/mol. The average Bonchev–Trinajstić information content (AvgIpc) is 2.54. The lowest BCUT2D eigenvalue weighted by Gasteiger charge is -2.26. The molecule has 0 bridgehead atoms. The van der Waals surface area contributed by atoms with Gasteiger partial charge in [-0.05, 0) is 48.2 Å². The fourth-order valence-electron chi connectivity index (χ4n) is 2.72. The number of amides is 1. The summed E-state index contributed by atoms with van der Waals surface area (Å²) in [5, 5.41) is 8.71. The fourth-order valence-corrected chi connectivity index (χ4v) is 2.72. The van der Waals surface area contributed by atoms with Crippen LogP contribution in [0.4, 0.5) is 0 Å². The molecule has 0 fully saturated rings. The number of hydroxylamine groups is 1. The second kappa shape index (κ2) is 5.97. The van der Waals surface area contributed by atoms with E-state index in [0.29, 0.717) is 5.56 Å². The number of para-hydroxylation sites is 1. The molecule has 3 rings (SSSR count). The molecule has 2 aromatic carbocycles. The molecule has 2 N–H and O–H groups in total. The quantitative estimate of drug-likeness (QED) is 0.672. The van der Waals surface area contributed by atoms with Crippen molar-refractivity contribution in [3.8, 4) is 5.75 Å². The maximum atomic E-state index is 11.5. The van der Waals surface area contributed by atoms with Crippen LogP contribution >= 0.6 is 0 Å². The summed E-state index contributed by atoms with van der Waals surface area (Å²) < 4.78 is 5.99. The number of hydrogen-bond donors (Lipinski definition) is 2. The smallest absolute Gasteiger partial charge is 0.274 e. The summed E-state index contributed by atoms with van der Waals surface area (Å²) in [7, 11) is 0. The Kier molecular flexibility index (Phi) is 3.88. The summed E-state index contributed by atoms with van der Waals surface area (Å²) in [6, 6.07) is 15.3. The Labute approximate surface area is 123 Å². The minimum Gasteiger partial charge on any atom is -0.490 e. The standard InChI is InChI=1S/C17H17NO3/c19-17(18-20)13-7-6-12-8-9-16(11-14(12)10-13)21-15-4-2-1-3-5-15/h1-7,10,16,20H,8-9,11H2,(H,18,19). The molecule has 0 saturated carbocycles. The van der Waals surface area contributed by atoms with Gasteiger partial charge in [0.15, 0.2) is 0 Å². The molecule has 1 aliphatic carbocycles. The van der Waals surface area contributed by atoms with Gasteiger partial charge in [0.05, 0.1) is 0 Å². The molecule has 0 saturated heterocycles. The van der Waals surface area contributed by atoms with Gasteiger partial charge in [-0.25, -0.2) is 5.48 Å². The molecular formula is C17H17NO3. The van der Waals surface area contributed by atoms with Crippen LogP contribution in [-0.4, -0.2) is 17.2 Å². The van der Waals surface area contributed by atoms with Gasteiger partial charge < -0.3 is 4.74 Å². The van der Waals surface area contributed by atoms with Gasteiger partial charge in [0.2, 0.25) is 0 Å². The van der Waals surface area contributed by atoms with E-state index in [2.05, 4.69) is 0 Å². The Balaban J connectivity index is 1.76. The Morgan fingerprint density at radius 3 is 2.71 bits per heavy atom. The SMILES string of the molecule is O=C(NO)c1ccc2c(c1)CC(Oc1ccccc1)CC2. The summed E-state index contributed by atoms with van der Waals surface area (Å²) in [6.45, 7) is 0. The third-order valence-corrected chi connectivity index (χ3v) is 3.80. The van der Waals surface area contributed by atoms with Crippen LogP contribution in [0, 0.1) is 0 Å². The van der Waals surface area contributed by atoms with Crippen LogP contribution in [0.15, 0.2) is 48.5 Å². The molecule has 0 radical (unpaired) electrons. The van der Waals surface area contributed by atoms with Crippen molar-refractivity contribution < 1.29 is 14.7 Å². The third kappa shape index (κ3) is 3.06. The highest BCUT2D eigenvalue weighted by molar-refractivity contribution is 5.93. The van der Waals surface area contributed by atoms with Crippen LogP contribution in [0.3, 0.4) is 0 Å². The first-order valence-corrected chi connectivity index (χ1v) is 7.04. The van der Waals surface area contributed by atoms with Gasteiger partial charge in [-0.3, -0.25) is 10.0 Å². The van der Waals surface area contributed by atoms with Gasteiger partial charge in [-0.15, -0.1) is 0 Å². The topological polar surface area (TPSA) is 58.6 Å². The fraction of sp³-hybridized carbons (Fsp3) is 0.235. The normalized spacial score (nSPS) is 16.9. The van der Waals surface area contributed by atoms with Gasteiger partial charge in [0, 0.05) is 12.0 Å². The molecule has 108 valence electrons. The number of aryl methyl sites for hydroxylation is 1. The molecule has 1 unspecified atom stereocenters. The first kappa shape index (κ1) is 13.6. The zero-order valence-corrected chi connectivity index (χ0v) is 11.6. The minimum absolute atomic E-state index is 0.118. The highest BCUT2D eigenvalue weighted by Gasteiger charge is 2.21. The van der Waals surface area contributed by atoms with Gasteiger partial charge in [-0.1, -0.05) is 24.3 Å². The number of nitrogens with one attached hydrogen (secondary N) is 1.